The van der Waals surface area contributed by atoms with Gasteiger partial charge in [0.15, 0.2) is 11.5 Å². The molecular formula is C22H28N2O3. The molecule has 144 valence electrons. The quantitative estimate of drug-likeness (QED) is 0.818. The fourth-order valence-electron chi connectivity index (χ4n) is 6.87. The van der Waals surface area contributed by atoms with Crippen molar-refractivity contribution in [3.05, 3.63) is 23.8 Å². The molecule has 2 aliphatic heterocycles. The lowest BCUT2D eigenvalue weighted by Crippen LogP contribution is -2.79. The predicted molar refractivity (Wildman–Crippen MR) is 99.9 cm³/mol. The normalized spacial score (nSPS) is 38.4. The van der Waals surface area contributed by atoms with Gasteiger partial charge in [-0.2, -0.15) is 5.01 Å². The van der Waals surface area contributed by atoms with Gasteiger partial charge in [-0.3, -0.25) is 9.80 Å². The third kappa shape index (κ3) is 2.18. The number of carbonyl (C=O) groups excluding carboxylic acids is 1. The summed E-state index contributed by atoms with van der Waals surface area (Å²) < 4.78 is 11.3. The molecule has 0 spiro atoms. The Hall–Kier alpha value is -1.75. The third-order valence-corrected chi connectivity index (χ3v) is 7.89. The van der Waals surface area contributed by atoms with Gasteiger partial charge < -0.3 is 9.47 Å². The second-order valence-electron chi connectivity index (χ2n) is 9.84. The fourth-order valence-corrected chi connectivity index (χ4v) is 6.87. The van der Waals surface area contributed by atoms with Gasteiger partial charge in [0.25, 0.3) is 5.91 Å². The molecule has 1 amide bonds. The van der Waals surface area contributed by atoms with Crippen molar-refractivity contribution >= 4 is 5.91 Å². The fraction of sp³-hybridized carbons (Fsp3) is 0.682. The number of carbonyl (C=O) groups is 1. The van der Waals surface area contributed by atoms with Crippen LogP contribution in [-0.4, -0.2) is 34.3 Å². The molecule has 0 unspecified atom stereocenters. The van der Waals surface area contributed by atoms with Crippen LogP contribution in [0.4, 0.5) is 0 Å². The van der Waals surface area contributed by atoms with E-state index >= 15 is 0 Å². The minimum Gasteiger partial charge on any atom is -0.454 e. The Morgan fingerprint density at radius 1 is 1.04 bits per heavy atom. The van der Waals surface area contributed by atoms with E-state index in [4.69, 9.17) is 9.47 Å². The molecule has 7 rings (SSSR count). The van der Waals surface area contributed by atoms with Crippen molar-refractivity contribution in [2.75, 3.05) is 6.79 Å². The average Bonchev–Trinajstić information content (AvgIpc) is 3.12. The number of benzene rings is 1. The zero-order valence-corrected chi connectivity index (χ0v) is 16.2. The first-order valence-electron chi connectivity index (χ1n) is 10.5. The molecule has 2 heterocycles. The van der Waals surface area contributed by atoms with Gasteiger partial charge in [0.05, 0.1) is 6.04 Å². The summed E-state index contributed by atoms with van der Waals surface area (Å²) >= 11 is 0. The molecule has 0 radical (unpaired) electrons. The van der Waals surface area contributed by atoms with Crippen LogP contribution in [0.3, 0.4) is 0 Å². The lowest BCUT2D eigenvalue weighted by atomic mass is 9.53. The zero-order chi connectivity index (χ0) is 18.3. The van der Waals surface area contributed by atoms with E-state index in [2.05, 4.69) is 29.9 Å². The Morgan fingerprint density at radius 3 is 2.44 bits per heavy atom. The Morgan fingerprint density at radius 2 is 1.74 bits per heavy atom. The molecule has 6 aliphatic rings. The van der Waals surface area contributed by atoms with Gasteiger partial charge in [-0.1, -0.05) is 12.1 Å². The highest BCUT2D eigenvalue weighted by atomic mass is 16.7. The number of hydrogen-bond donors (Lipinski definition) is 0. The van der Waals surface area contributed by atoms with E-state index in [0.717, 1.165) is 28.9 Å². The first-order valence-corrected chi connectivity index (χ1v) is 10.5. The van der Waals surface area contributed by atoms with Crippen LogP contribution in [0, 0.1) is 23.7 Å². The Labute approximate surface area is 160 Å². The summed E-state index contributed by atoms with van der Waals surface area (Å²) in [7, 11) is 0. The summed E-state index contributed by atoms with van der Waals surface area (Å²) in [5.41, 5.74) is 0.663. The van der Waals surface area contributed by atoms with E-state index in [9.17, 15) is 4.79 Å². The van der Waals surface area contributed by atoms with Crippen molar-refractivity contribution in [3.8, 4) is 11.5 Å². The number of hydrazine groups is 1. The van der Waals surface area contributed by atoms with Crippen molar-refractivity contribution in [2.45, 2.75) is 64.1 Å². The topological polar surface area (TPSA) is 42.0 Å². The Kier molecular flexibility index (Phi) is 3.25. The summed E-state index contributed by atoms with van der Waals surface area (Å²) in [5.74, 6) is 5.20. The molecule has 0 aromatic heterocycles. The maximum atomic E-state index is 13.2. The van der Waals surface area contributed by atoms with Crippen molar-refractivity contribution in [1.82, 2.24) is 10.0 Å². The Bertz CT molecular complexity index is 777. The monoisotopic (exact) mass is 368 g/mol. The lowest BCUT2D eigenvalue weighted by molar-refractivity contribution is -0.251. The van der Waals surface area contributed by atoms with E-state index in [0.29, 0.717) is 30.3 Å². The van der Waals surface area contributed by atoms with Gasteiger partial charge in [-0.05, 0) is 75.7 Å². The molecule has 4 saturated carbocycles. The SMILES string of the molecule is CC1(C)C(=O)N(C2C3CC4CC(C3)CC2C4)N1Cc1cccc2c1OCO2. The van der Waals surface area contributed by atoms with E-state index in [1.165, 1.54) is 32.1 Å². The molecule has 1 saturated heterocycles. The molecule has 4 bridgehead atoms. The molecule has 5 nitrogen and oxygen atoms in total. The molecule has 5 fully saturated rings. The standard InChI is InChI=1S/C22H28N2O3/c1-22(2)21(25)24(19-16-7-13-6-14(9-16)10-17(19)8-13)23(22)11-15-4-3-5-18-20(15)27-12-26-18/h3-5,13-14,16-17,19H,6-12H2,1-2H3. The van der Waals surface area contributed by atoms with E-state index in [1.807, 2.05) is 12.1 Å². The zero-order valence-electron chi connectivity index (χ0n) is 16.2. The molecule has 5 heteroatoms. The number of ether oxygens (including phenoxy) is 2. The van der Waals surface area contributed by atoms with Crippen molar-refractivity contribution in [1.29, 1.82) is 0 Å². The summed E-state index contributed by atoms with van der Waals surface area (Å²) in [6, 6.07) is 6.48. The second kappa shape index (κ2) is 5.40. The van der Waals surface area contributed by atoms with Crippen molar-refractivity contribution < 1.29 is 14.3 Å². The van der Waals surface area contributed by atoms with Crippen LogP contribution in [0.2, 0.25) is 0 Å². The number of nitrogens with zero attached hydrogens (tertiary/aromatic N) is 2. The van der Waals surface area contributed by atoms with Gasteiger partial charge >= 0.3 is 0 Å². The van der Waals surface area contributed by atoms with Crippen molar-refractivity contribution in [3.63, 3.8) is 0 Å². The highest BCUT2D eigenvalue weighted by Crippen LogP contribution is 2.57. The van der Waals surface area contributed by atoms with Crippen molar-refractivity contribution in [2.24, 2.45) is 23.7 Å². The van der Waals surface area contributed by atoms with E-state index in [-0.39, 0.29) is 6.79 Å². The predicted octanol–water partition coefficient (Wildman–Crippen LogP) is 3.58. The largest absolute Gasteiger partial charge is 0.454 e. The smallest absolute Gasteiger partial charge is 0.258 e. The van der Waals surface area contributed by atoms with Crippen LogP contribution in [0.1, 0.15) is 51.5 Å². The Balaban J connectivity index is 1.31. The van der Waals surface area contributed by atoms with Crippen LogP contribution in [0.25, 0.3) is 0 Å². The van der Waals surface area contributed by atoms with Crippen LogP contribution >= 0.6 is 0 Å². The molecule has 1 aromatic carbocycles. The number of amides is 1. The first kappa shape index (κ1) is 16.2. The minimum atomic E-state index is -0.448. The molecule has 0 N–H and O–H groups in total. The van der Waals surface area contributed by atoms with Gasteiger partial charge in [-0.25, -0.2) is 0 Å². The number of para-hydroxylation sites is 1. The highest BCUT2D eigenvalue weighted by Gasteiger charge is 2.60. The third-order valence-electron chi connectivity index (χ3n) is 7.89. The second-order valence-corrected chi connectivity index (χ2v) is 9.84. The van der Waals surface area contributed by atoms with Crippen LogP contribution in [-0.2, 0) is 11.3 Å². The highest BCUT2D eigenvalue weighted by molar-refractivity contribution is 5.90. The maximum Gasteiger partial charge on any atom is 0.258 e. The van der Waals surface area contributed by atoms with Crippen LogP contribution in [0.15, 0.2) is 18.2 Å². The van der Waals surface area contributed by atoms with E-state index in [1.54, 1.807) is 0 Å². The minimum absolute atomic E-state index is 0.286. The van der Waals surface area contributed by atoms with Gasteiger partial charge in [-0.15, -0.1) is 0 Å². The summed E-state index contributed by atoms with van der Waals surface area (Å²) in [6.45, 7) is 5.10. The summed E-state index contributed by atoms with van der Waals surface area (Å²) in [5, 5.41) is 4.46. The summed E-state index contributed by atoms with van der Waals surface area (Å²) in [4.78, 5) is 13.2. The molecule has 4 aliphatic carbocycles. The van der Waals surface area contributed by atoms with E-state index < -0.39 is 5.54 Å². The lowest BCUT2D eigenvalue weighted by Gasteiger charge is -2.65. The van der Waals surface area contributed by atoms with Crippen LogP contribution in [0.5, 0.6) is 11.5 Å². The first-order chi connectivity index (χ1) is 13.0. The summed E-state index contributed by atoms with van der Waals surface area (Å²) in [6.07, 6.45) is 6.75. The number of rotatable bonds is 3. The number of hydrogen-bond acceptors (Lipinski definition) is 4. The maximum absolute atomic E-state index is 13.2. The van der Waals surface area contributed by atoms with Gasteiger partial charge in [0.2, 0.25) is 6.79 Å². The van der Waals surface area contributed by atoms with Gasteiger partial charge in [0, 0.05) is 12.1 Å². The molecule has 0 atom stereocenters. The molecule has 1 aromatic rings. The molecular weight excluding hydrogens is 340 g/mol. The average molecular weight is 368 g/mol. The van der Waals surface area contributed by atoms with Crippen LogP contribution < -0.4 is 9.47 Å². The van der Waals surface area contributed by atoms with Gasteiger partial charge in [0.1, 0.15) is 5.54 Å². The number of fused-ring (bicyclic) bond motifs is 1. The molecule has 27 heavy (non-hydrogen) atoms.